The van der Waals surface area contributed by atoms with E-state index in [2.05, 4.69) is 5.10 Å². The van der Waals surface area contributed by atoms with Crippen LogP contribution < -0.4 is 11.4 Å². The number of hydrogen-bond donors (Lipinski definition) is 2. The molecule has 36 heavy (non-hydrogen) atoms. The molecule has 0 saturated heterocycles. The Morgan fingerprint density at radius 3 is 2.19 bits per heavy atom. The van der Waals surface area contributed by atoms with E-state index in [0.29, 0.717) is 35.6 Å². The van der Waals surface area contributed by atoms with Crippen molar-refractivity contribution >= 4 is 24.2 Å². The highest BCUT2D eigenvalue weighted by atomic mass is 35.5. The highest BCUT2D eigenvalue weighted by Crippen LogP contribution is 2.20. The summed E-state index contributed by atoms with van der Waals surface area (Å²) in [5.41, 5.74) is 8.13. The fraction of sp³-hybridized carbons (Fsp3) is 0.407. The summed E-state index contributed by atoms with van der Waals surface area (Å²) >= 11 is 0. The van der Waals surface area contributed by atoms with Crippen LogP contribution in [-0.4, -0.2) is 32.3 Å². The van der Waals surface area contributed by atoms with Crippen LogP contribution in [0.5, 0.6) is 0 Å². The second-order valence-electron chi connectivity index (χ2n) is 9.16. The number of amidine groups is 1. The van der Waals surface area contributed by atoms with Gasteiger partial charge in [0, 0.05) is 12.0 Å². The zero-order valence-corrected chi connectivity index (χ0v) is 21.4. The van der Waals surface area contributed by atoms with E-state index in [1.165, 1.54) is 23.9 Å². The van der Waals surface area contributed by atoms with E-state index in [9.17, 15) is 9.59 Å². The molecule has 192 valence electrons. The van der Waals surface area contributed by atoms with Gasteiger partial charge in [-0.15, -0.1) is 17.5 Å². The molecule has 1 aliphatic carbocycles. The Kier molecular flexibility index (Phi) is 9.47. The van der Waals surface area contributed by atoms with Crippen LogP contribution in [-0.2, 0) is 16.0 Å². The van der Waals surface area contributed by atoms with Gasteiger partial charge in [0.25, 0.3) is 0 Å². The predicted molar refractivity (Wildman–Crippen MR) is 143 cm³/mol. The molecule has 0 spiro atoms. The van der Waals surface area contributed by atoms with Crippen molar-refractivity contribution in [2.45, 2.75) is 70.8 Å². The third-order valence-corrected chi connectivity index (χ3v) is 6.53. The highest BCUT2D eigenvalue weighted by molar-refractivity contribution is 5.95. The average Bonchev–Trinajstić information content (AvgIpc) is 3.13. The van der Waals surface area contributed by atoms with E-state index < -0.39 is 0 Å². The lowest BCUT2D eigenvalue weighted by atomic mass is 9.98. The maximum absolute atomic E-state index is 13.1. The van der Waals surface area contributed by atoms with Gasteiger partial charge in [0.15, 0.2) is 0 Å². The van der Waals surface area contributed by atoms with Gasteiger partial charge in [-0.05, 0) is 81.0 Å². The van der Waals surface area contributed by atoms with E-state index in [0.717, 1.165) is 31.2 Å². The van der Waals surface area contributed by atoms with E-state index in [-0.39, 0.29) is 36.0 Å². The first-order valence-electron chi connectivity index (χ1n) is 12.3. The minimum atomic E-state index is -0.284. The van der Waals surface area contributed by atoms with Crippen molar-refractivity contribution < 1.29 is 9.53 Å². The molecule has 4 rings (SSSR count). The third kappa shape index (κ3) is 6.63. The Bertz CT molecular complexity index is 1220. The number of nitrogen functional groups attached to an aromatic ring is 1. The summed E-state index contributed by atoms with van der Waals surface area (Å²) in [4.78, 5) is 25.4. The molecule has 1 saturated carbocycles. The number of halogens is 1. The Morgan fingerprint density at radius 2 is 1.58 bits per heavy atom. The van der Waals surface area contributed by atoms with Crippen LogP contribution in [0.1, 0.15) is 68.3 Å². The molecule has 0 unspecified atom stereocenters. The molecule has 9 heteroatoms. The smallest absolute Gasteiger partial charge is 0.355 e. The van der Waals surface area contributed by atoms with Gasteiger partial charge in [-0.1, -0.05) is 31.4 Å². The summed E-state index contributed by atoms with van der Waals surface area (Å²) in [7, 11) is 0. The van der Waals surface area contributed by atoms with Crippen molar-refractivity contribution in [1.82, 2.24) is 14.3 Å². The van der Waals surface area contributed by atoms with Gasteiger partial charge < -0.3 is 10.5 Å². The number of nitrogens with two attached hydrogens (primary N) is 1. The monoisotopic (exact) mass is 511 g/mol. The van der Waals surface area contributed by atoms with Crippen molar-refractivity contribution in [3.05, 3.63) is 76.0 Å². The number of aromatic nitrogens is 3. The van der Waals surface area contributed by atoms with Crippen LogP contribution in [0, 0.1) is 12.3 Å². The third-order valence-electron chi connectivity index (χ3n) is 6.53. The number of esters is 1. The van der Waals surface area contributed by atoms with Gasteiger partial charge in [-0.2, -0.15) is 4.68 Å². The van der Waals surface area contributed by atoms with Crippen LogP contribution in [0.2, 0.25) is 0 Å². The average molecular weight is 512 g/mol. The van der Waals surface area contributed by atoms with Crippen LogP contribution in [0.15, 0.2) is 53.3 Å². The van der Waals surface area contributed by atoms with Crippen LogP contribution >= 0.6 is 12.4 Å². The second kappa shape index (κ2) is 12.5. The number of nitrogens with zero attached hydrogens (tertiary/aromatic N) is 3. The summed E-state index contributed by atoms with van der Waals surface area (Å²) in [6.07, 6.45) is 8.99. The van der Waals surface area contributed by atoms with Crippen molar-refractivity contribution in [3.8, 4) is 11.4 Å². The summed E-state index contributed by atoms with van der Waals surface area (Å²) < 4.78 is 8.60. The largest absolute Gasteiger partial charge is 0.462 e. The molecule has 0 atom stereocenters. The lowest BCUT2D eigenvalue weighted by Crippen LogP contribution is -2.23. The molecule has 1 heterocycles. The van der Waals surface area contributed by atoms with Crippen LogP contribution in [0.25, 0.3) is 11.4 Å². The maximum Gasteiger partial charge on any atom is 0.355 e. The minimum absolute atomic E-state index is 0. The van der Waals surface area contributed by atoms with Crippen molar-refractivity contribution in [3.63, 3.8) is 0 Å². The number of rotatable bonds is 7. The number of aryl methyl sites for hydroxylation is 2. The molecule has 1 aromatic heterocycles. The molecule has 1 fully saturated rings. The topological polar surface area (TPSA) is 116 Å². The summed E-state index contributed by atoms with van der Waals surface area (Å²) in [6.45, 7) is 1.78. The second-order valence-corrected chi connectivity index (χ2v) is 9.16. The van der Waals surface area contributed by atoms with Gasteiger partial charge in [0.2, 0.25) is 0 Å². The highest BCUT2D eigenvalue weighted by Gasteiger charge is 2.17. The fourth-order valence-electron chi connectivity index (χ4n) is 4.55. The standard InChI is InChI=1S/C27H33N5O3.ClH/c1-19-30-32(23-16-12-21(13-17-23)26(28)29)27(34)31(19)22-14-9-20(10-15-22)11-18-25(33)35-24-7-5-3-2-4-6-8-24;/h9-10,12-17,24H,2-8,11,18H2,1H3,(H3,28,29);1H. The predicted octanol–water partition coefficient (Wildman–Crippen LogP) is 4.63. The van der Waals surface area contributed by atoms with Gasteiger partial charge in [0.1, 0.15) is 17.8 Å². The number of hydrogen-bond acceptors (Lipinski definition) is 5. The SMILES string of the molecule is Cc1nn(-c2ccc(C(=N)N)cc2)c(=O)n1-c1ccc(CCC(=O)OC2CCCCCCC2)cc1.Cl. The van der Waals surface area contributed by atoms with E-state index in [1.807, 2.05) is 24.3 Å². The number of ether oxygens (including phenoxy) is 1. The van der Waals surface area contributed by atoms with E-state index >= 15 is 0 Å². The molecule has 0 radical (unpaired) electrons. The summed E-state index contributed by atoms with van der Waals surface area (Å²) in [6, 6.07) is 14.4. The zero-order valence-electron chi connectivity index (χ0n) is 20.6. The summed E-state index contributed by atoms with van der Waals surface area (Å²) in [5, 5.41) is 11.9. The molecule has 3 aromatic rings. The van der Waals surface area contributed by atoms with Crippen molar-refractivity contribution in [2.75, 3.05) is 0 Å². The van der Waals surface area contributed by atoms with Crippen LogP contribution in [0.3, 0.4) is 0 Å². The lowest BCUT2D eigenvalue weighted by molar-refractivity contribution is -0.150. The Balaban J connectivity index is 0.00000361. The Labute approximate surface area is 217 Å². The van der Waals surface area contributed by atoms with Gasteiger partial charge in [0.05, 0.1) is 11.4 Å². The number of benzene rings is 2. The summed E-state index contributed by atoms with van der Waals surface area (Å²) in [5.74, 6) is 0.392. The lowest BCUT2D eigenvalue weighted by Gasteiger charge is -2.20. The molecule has 1 aliphatic rings. The molecule has 0 amide bonds. The van der Waals surface area contributed by atoms with E-state index in [4.69, 9.17) is 15.9 Å². The molecule has 8 nitrogen and oxygen atoms in total. The first-order valence-corrected chi connectivity index (χ1v) is 12.3. The number of nitrogens with one attached hydrogen (secondary N) is 1. The first-order chi connectivity index (χ1) is 16.9. The maximum atomic E-state index is 13.1. The van der Waals surface area contributed by atoms with Crippen LogP contribution in [0.4, 0.5) is 0 Å². The fourth-order valence-corrected chi connectivity index (χ4v) is 4.55. The normalized spacial score (nSPS) is 14.4. The van der Waals surface area contributed by atoms with Gasteiger partial charge >= 0.3 is 11.7 Å². The molecular formula is C27H34ClN5O3. The first kappa shape index (κ1) is 27.2. The Hall–Kier alpha value is -3.39. The minimum Gasteiger partial charge on any atom is -0.462 e. The molecule has 0 aliphatic heterocycles. The van der Waals surface area contributed by atoms with Crippen molar-refractivity contribution in [1.29, 1.82) is 5.41 Å². The zero-order chi connectivity index (χ0) is 24.8. The quantitative estimate of drug-likeness (QED) is 0.272. The Morgan fingerprint density at radius 1 is 1.00 bits per heavy atom. The van der Waals surface area contributed by atoms with Gasteiger partial charge in [-0.25, -0.2) is 9.36 Å². The van der Waals surface area contributed by atoms with Gasteiger partial charge in [-0.3, -0.25) is 10.2 Å². The van der Waals surface area contributed by atoms with Crippen molar-refractivity contribution in [2.24, 2.45) is 5.73 Å². The molecular weight excluding hydrogens is 478 g/mol. The molecule has 3 N–H and O–H groups in total. The molecule has 0 bridgehead atoms. The molecule has 2 aromatic carbocycles. The van der Waals surface area contributed by atoms with E-state index in [1.54, 1.807) is 35.8 Å². The number of carbonyl (C=O) groups is 1. The number of carbonyl (C=O) groups excluding carboxylic acids is 1.